The smallest absolute Gasteiger partial charge is 0.294 e. The fourth-order valence-electron chi connectivity index (χ4n) is 4.70. The molecule has 0 atom stereocenters. The third kappa shape index (κ3) is 8.80. The van der Waals surface area contributed by atoms with E-state index in [1.807, 2.05) is 98.2 Å². The summed E-state index contributed by atoms with van der Waals surface area (Å²) in [6.45, 7) is 10.6. The van der Waals surface area contributed by atoms with Gasteiger partial charge in [-0.3, -0.25) is 4.55 Å². The summed E-state index contributed by atoms with van der Waals surface area (Å²) < 4.78 is 34.8. The molecule has 0 saturated carbocycles. The quantitative estimate of drug-likeness (QED) is 0.0819. The van der Waals surface area contributed by atoms with Crippen molar-refractivity contribution in [3.63, 3.8) is 0 Å². The number of hydrogen-bond donors (Lipinski definition) is 5. The highest BCUT2D eigenvalue weighted by Crippen LogP contribution is 2.28. The van der Waals surface area contributed by atoms with Crippen molar-refractivity contribution < 1.29 is 13.0 Å². The van der Waals surface area contributed by atoms with Crippen molar-refractivity contribution in [1.29, 1.82) is 0 Å². The number of benzene rings is 3. The van der Waals surface area contributed by atoms with Gasteiger partial charge in [-0.25, -0.2) is 0 Å². The number of rotatable bonds is 15. The van der Waals surface area contributed by atoms with Crippen molar-refractivity contribution in [2.24, 2.45) is 0 Å². The fraction of sp³-hybridized carbons (Fsp3) is 0.250. The molecule has 0 spiro atoms. The van der Waals surface area contributed by atoms with Gasteiger partial charge in [-0.05, 0) is 70.2 Å². The van der Waals surface area contributed by atoms with Crippen molar-refractivity contribution in [3.8, 4) is 0 Å². The van der Waals surface area contributed by atoms with Gasteiger partial charge in [0.2, 0.25) is 35.7 Å². The van der Waals surface area contributed by atoms with Gasteiger partial charge < -0.3 is 31.1 Å². The Balaban J connectivity index is 1.52. The Morgan fingerprint density at radius 3 is 1.17 bits per heavy atom. The van der Waals surface area contributed by atoms with Gasteiger partial charge in [-0.15, -0.1) is 0 Å². The van der Waals surface area contributed by atoms with Crippen LogP contribution in [0.25, 0.3) is 0 Å². The third-order valence-corrected chi connectivity index (χ3v) is 7.95. The summed E-state index contributed by atoms with van der Waals surface area (Å²) in [6, 6.07) is 23.1. The topological polar surface area (TPSA) is 186 Å². The van der Waals surface area contributed by atoms with Crippen LogP contribution >= 0.6 is 0 Å². The van der Waals surface area contributed by atoms with Crippen LogP contribution in [0.3, 0.4) is 0 Å². The molecule has 2 aromatic heterocycles. The Labute approximate surface area is 279 Å². The summed E-state index contributed by atoms with van der Waals surface area (Å²) in [5.74, 6) is 1.74. The first-order valence-electron chi connectivity index (χ1n) is 15.5. The minimum Gasteiger partial charge on any atom is -0.341 e. The molecule has 0 aliphatic heterocycles. The van der Waals surface area contributed by atoms with Crippen LogP contribution in [0.1, 0.15) is 27.7 Å². The predicted molar refractivity (Wildman–Crippen MR) is 189 cm³/mol. The number of hydrogen-bond acceptors (Lipinski definition) is 14. The highest BCUT2D eigenvalue weighted by atomic mass is 32.2. The standard InChI is InChI=1S/C32H38N12O3S/c1-5-43(6-2)31-39-27(33-22-15-11-9-12-16-22)37-29(41-31)35-24-19-25(21-26(20-24)48(45,46)47)36-30-38-28(34-23-17-13-10-14-18-23)40-32(42-30)44(7-3)8-4/h9-21H,5-8H2,1-4H3,(H,45,46,47)(H2,33,35,37,39,41)(H2,34,36,38,40,42). The molecule has 0 amide bonds. The van der Waals surface area contributed by atoms with Crippen LogP contribution < -0.4 is 31.1 Å². The lowest BCUT2D eigenvalue weighted by Gasteiger charge is -2.20. The van der Waals surface area contributed by atoms with Crippen molar-refractivity contribution in [2.45, 2.75) is 32.6 Å². The Morgan fingerprint density at radius 2 is 0.854 bits per heavy atom. The molecule has 3 aromatic carbocycles. The van der Waals surface area contributed by atoms with E-state index in [0.29, 0.717) is 38.1 Å². The van der Waals surface area contributed by atoms with E-state index in [1.165, 1.54) is 12.1 Å². The van der Waals surface area contributed by atoms with Crippen molar-refractivity contribution in [3.05, 3.63) is 78.9 Å². The Kier molecular flexibility index (Phi) is 10.8. The summed E-state index contributed by atoms with van der Waals surface area (Å²) in [6.07, 6.45) is 0. The molecular formula is C32H38N12O3S. The lowest BCUT2D eigenvalue weighted by Crippen LogP contribution is -2.25. The highest BCUT2D eigenvalue weighted by molar-refractivity contribution is 7.85. The molecule has 0 fully saturated rings. The van der Waals surface area contributed by atoms with E-state index in [1.54, 1.807) is 6.07 Å². The van der Waals surface area contributed by atoms with Crippen molar-refractivity contribution in [2.75, 3.05) is 57.2 Å². The van der Waals surface area contributed by atoms with Crippen molar-refractivity contribution >= 4 is 68.6 Å². The molecular weight excluding hydrogens is 633 g/mol. The molecule has 250 valence electrons. The number of nitrogens with zero attached hydrogens (tertiary/aromatic N) is 8. The fourth-order valence-corrected chi connectivity index (χ4v) is 5.25. The Bertz CT molecular complexity index is 1800. The minimum absolute atomic E-state index is 0.155. The van der Waals surface area contributed by atoms with E-state index in [4.69, 9.17) is 0 Å². The molecule has 0 aliphatic rings. The monoisotopic (exact) mass is 670 g/mol. The van der Waals surface area contributed by atoms with E-state index in [-0.39, 0.29) is 40.1 Å². The predicted octanol–water partition coefficient (Wildman–Crippen LogP) is 5.97. The number of anilines is 10. The molecule has 15 nitrogen and oxygen atoms in total. The zero-order valence-corrected chi connectivity index (χ0v) is 27.9. The zero-order valence-electron chi connectivity index (χ0n) is 27.1. The summed E-state index contributed by atoms with van der Waals surface area (Å²) in [5, 5.41) is 12.6. The average molecular weight is 671 g/mol. The maximum Gasteiger partial charge on any atom is 0.294 e. The second kappa shape index (κ2) is 15.3. The maximum absolute atomic E-state index is 12.4. The van der Waals surface area contributed by atoms with E-state index < -0.39 is 10.1 Å². The SMILES string of the molecule is CCN(CC)c1nc(Nc2ccccc2)nc(Nc2cc(Nc3nc(Nc4ccccc4)nc(N(CC)CC)n3)cc(S(=O)(=O)O)c2)n1. The van der Waals surface area contributed by atoms with Gasteiger partial charge in [0.25, 0.3) is 10.1 Å². The molecule has 2 heterocycles. The highest BCUT2D eigenvalue weighted by Gasteiger charge is 2.18. The first kappa shape index (κ1) is 33.7. The van der Waals surface area contributed by atoms with Crippen LogP contribution in [0.2, 0.25) is 0 Å². The molecule has 0 saturated heterocycles. The van der Waals surface area contributed by atoms with E-state index in [2.05, 4.69) is 51.2 Å². The van der Waals surface area contributed by atoms with Crippen molar-refractivity contribution in [1.82, 2.24) is 29.9 Å². The zero-order chi connectivity index (χ0) is 34.1. The van der Waals surface area contributed by atoms with Crippen LogP contribution in [0.4, 0.5) is 58.4 Å². The Hall–Kier alpha value is -5.61. The second-order valence-electron chi connectivity index (χ2n) is 10.4. The van der Waals surface area contributed by atoms with Gasteiger partial charge in [0, 0.05) is 48.9 Å². The molecule has 5 aromatic rings. The van der Waals surface area contributed by atoms with Gasteiger partial charge in [0.15, 0.2) is 0 Å². The first-order valence-corrected chi connectivity index (χ1v) is 16.9. The van der Waals surface area contributed by atoms with Gasteiger partial charge in [0.1, 0.15) is 0 Å². The number of nitrogens with one attached hydrogen (secondary N) is 4. The van der Waals surface area contributed by atoms with E-state index in [0.717, 1.165) is 11.4 Å². The molecule has 5 N–H and O–H groups in total. The molecule has 0 unspecified atom stereocenters. The first-order chi connectivity index (χ1) is 23.2. The largest absolute Gasteiger partial charge is 0.341 e. The van der Waals surface area contributed by atoms with Crippen LogP contribution in [-0.4, -0.2) is 69.1 Å². The number of para-hydroxylation sites is 2. The normalized spacial score (nSPS) is 11.1. The second-order valence-corrected chi connectivity index (χ2v) is 11.8. The lowest BCUT2D eigenvalue weighted by atomic mass is 10.2. The molecule has 0 aliphatic carbocycles. The van der Waals surface area contributed by atoms with Crippen LogP contribution in [0.15, 0.2) is 83.8 Å². The van der Waals surface area contributed by atoms with E-state index >= 15 is 0 Å². The van der Waals surface area contributed by atoms with Gasteiger partial charge in [0.05, 0.1) is 4.90 Å². The average Bonchev–Trinajstić information content (AvgIpc) is 3.06. The molecule has 5 rings (SSSR count). The minimum atomic E-state index is -4.62. The van der Waals surface area contributed by atoms with Crippen LogP contribution in [-0.2, 0) is 10.1 Å². The summed E-state index contributed by atoms with van der Waals surface area (Å²) in [5.41, 5.74) is 2.11. The molecule has 0 bridgehead atoms. The van der Waals surface area contributed by atoms with Gasteiger partial charge in [-0.1, -0.05) is 36.4 Å². The Morgan fingerprint density at radius 1 is 0.521 bits per heavy atom. The molecule has 48 heavy (non-hydrogen) atoms. The summed E-state index contributed by atoms with van der Waals surface area (Å²) in [4.78, 5) is 31.0. The lowest BCUT2D eigenvalue weighted by molar-refractivity contribution is 0.483. The molecule has 16 heteroatoms. The third-order valence-electron chi connectivity index (χ3n) is 7.12. The molecule has 0 radical (unpaired) electrons. The number of aromatic nitrogens is 6. The van der Waals surface area contributed by atoms with Gasteiger partial charge in [-0.2, -0.15) is 38.3 Å². The summed E-state index contributed by atoms with van der Waals surface area (Å²) >= 11 is 0. The van der Waals surface area contributed by atoms with Crippen LogP contribution in [0, 0.1) is 0 Å². The van der Waals surface area contributed by atoms with Gasteiger partial charge >= 0.3 is 0 Å². The maximum atomic E-state index is 12.4. The summed E-state index contributed by atoms with van der Waals surface area (Å²) in [7, 11) is -4.62. The van der Waals surface area contributed by atoms with E-state index in [9.17, 15) is 13.0 Å². The van der Waals surface area contributed by atoms with Crippen LogP contribution in [0.5, 0.6) is 0 Å².